The Bertz CT molecular complexity index is 1030. The largest absolute Gasteiger partial charge is 0.469 e. The van der Waals surface area contributed by atoms with Crippen LogP contribution in [0.15, 0.2) is 48.6 Å². The molecule has 0 heterocycles. The lowest BCUT2D eigenvalue weighted by Crippen LogP contribution is -2.29. The number of carbonyl (C=O) groups excluding carboxylic acids is 2. The van der Waals surface area contributed by atoms with Crippen molar-refractivity contribution in [3.63, 3.8) is 0 Å². The number of phosphoric ester groups is 1. The number of rotatable bonds is 41. The van der Waals surface area contributed by atoms with Crippen molar-refractivity contribution in [3.8, 4) is 0 Å². The van der Waals surface area contributed by atoms with Gasteiger partial charge in [-0.25, -0.2) is 4.57 Å². The molecule has 0 aliphatic carbocycles. The lowest BCUT2D eigenvalue weighted by atomic mass is 10.0. The molecule has 0 aromatic carbocycles. The predicted molar refractivity (Wildman–Crippen MR) is 230 cm³/mol. The smallest absolute Gasteiger partial charge is 0.462 e. The average molecular weight is 795 g/mol. The maximum absolute atomic E-state index is 12.4. The summed E-state index contributed by atoms with van der Waals surface area (Å²) in [6.07, 6.45) is 51.2. The van der Waals surface area contributed by atoms with E-state index in [9.17, 15) is 14.2 Å². The lowest BCUT2D eigenvalue weighted by Gasteiger charge is -2.18. The van der Waals surface area contributed by atoms with Crippen molar-refractivity contribution in [1.82, 2.24) is 0 Å². The van der Waals surface area contributed by atoms with Gasteiger partial charge in [0.25, 0.3) is 0 Å². The van der Waals surface area contributed by atoms with Gasteiger partial charge in [-0.05, 0) is 57.8 Å². The Kier molecular flexibility index (Phi) is 40.1. The average Bonchev–Trinajstić information content (AvgIpc) is 3.16. The van der Waals surface area contributed by atoms with Crippen LogP contribution in [0.1, 0.15) is 213 Å². The van der Waals surface area contributed by atoms with Crippen LogP contribution in [0.5, 0.6) is 0 Å². The van der Waals surface area contributed by atoms with Crippen molar-refractivity contribution in [3.05, 3.63) is 48.6 Å². The zero-order valence-electron chi connectivity index (χ0n) is 35.3. The van der Waals surface area contributed by atoms with Gasteiger partial charge in [-0.2, -0.15) is 0 Å². The normalized spacial score (nSPS) is 12.9. The number of hydrogen-bond donors (Lipinski definition) is 2. The molecule has 0 saturated heterocycles. The molecule has 320 valence electrons. The molecule has 0 unspecified atom stereocenters. The van der Waals surface area contributed by atoms with Crippen LogP contribution in [0, 0.1) is 0 Å². The van der Waals surface area contributed by atoms with Crippen molar-refractivity contribution in [2.45, 2.75) is 219 Å². The molecule has 0 spiro atoms. The SMILES string of the molecule is CCCCC/C=C/C/C=C/C/C=C/C/C=C/CCCCCC(=O)OC[C@H](COP(=O)(O)O)OC(=O)CCCCCCCCCCCCCCCCCCCC. The standard InChI is InChI=1S/C46H83O8P/c1-3-5-7-9-11-13-15-17-19-21-23-25-26-28-30-32-34-36-38-40-45(47)52-42-44(43-53-55(49,50)51)54-46(48)41-39-37-35-33-31-29-27-24-22-20-18-16-14-12-10-8-6-4-2/h11,13,17,19,23,25,28,30,44H,3-10,12,14-16,18,20-22,24,26-27,29,31-43H2,1-2H3,(H2,49,50,51)/b13-11+,19-17+,25-23+,30-28+/t44-/m1/s1. The highest BCUT2D eigenvalue weighted by molar-refractivity contribution is 7.46. The van der Waals surface area contributed by atoms with E-state index in [1.165, 1.54) is 116 Å². The molecule has 0 fully saturated rings. The molecule has 0 bridgehead atoms. The van der Waals surface area contributed by atoms with Crippen molar-refractivity contribution < 1.29 is 37.9 Å². The summed E-state index contributed by atoms with van der Waals surface area (Å²) in [7, 11) is -4.76. The van der Waals surface area contributed by atoms with E-state index in [0.29, 0.717) is 12.8 Å². The first-order chi connectivity index (χ1) is 26.8. The Labute approximate surface area is 337 Å². The second-order valence-corrected chi connectivity index (χ2v) is 16.3. The summed E-state index contributed by atoms with van der Waals surface area (Å²) in [4.78, 5) is 42.9. The highest BCUT2D eigenvalue weighted by Crippen LogP contribution is 2.36. The Morgan fingerprint density at radius 3 is 1.25 bits per heavy atom. The van der Waals surface area contributed by atoms with Crippen molar-refractivity contribution in [2.75, 3.05) is 13.2 Å². The van der Waals surface area contributed by atoms with E-state index >= 15 is 0 Å². The maximum Gasteiger partial charge on any atom is 0.469 e. The topological polar surface area (TPSA) is 119 Å². The first-order valence-corrected chi connectivity index (χ1v) is 24.0. The minimum atomic E-state index is -4.76. The Hall–Kier alpha value is -1.99. The van der Waals surface area contributed by atoms with Crippen LogP contribution < -0.4 is 0 Å². The zero-order chi connectivity index (χ0) is 40.3. The predicted octanol–water partition coefficient (Wildman–Crippen LogP) is 13.9. The molecule has 2 N–H and O–H groups in total. The van der Waals surface area contributed by atoms with E-state index < -0.39 is 32.5 Å². The highest BCUT2D eigenvalue weighted by Gasteiger charge is 2.22. The number of esters is 2. The Balaban J connectivity index is 3.94. The highest BCUT2D eigenvalue weighted by atomic mass is 31.2. The molecule has 9 heteroatoms. The van der Waals surface area contributed by atoms with Gasteiger partial charge in [0.05, 0.1) is 6.61 Å². The maximum atomic E-state index is 12.4. The summed E-state index contributed by atoms with van der Waals surface area (Å²) < 4.78 is 26.4. The first-order valence-electron chi connectivity index (χ1n) is 22.4. The van der Waals surface area contributed by atoms with Gasteiger partial charge in [-0.15, -0.1) is 0 Å². The Morgan fingerprint density at radius 2 is 0.818 bits per heavy atom. The van der Waals surface area contributed by atoms with Crippen molar-refractivity contribution in [1.29, 1.82) is 0 Å². The third-order valence-electron chi connectivity index (χ3n) is 9.60. The second-order valence-electron chi connectivity index (χ2n) is 15.0. The molecule has 8 nitrogen and oxygen atoms in total. The van der Waals surface area contributed by atoms with Gasteiger partial charge in [0.1, 0.15) is 6.61 Å². The number of unbranched alkanes of at least 4 members (excludes halogenated alkanes) is 23. The van der Waals surface area contributed by atoms with Gasteiger partial charge >= 0.3 is 19.8 Å². The molecule has 0 aromatic heterocycles. The minimum Gasteiger partial charge on any atom is -0.462 e. The van der Waals surface area contributed by atoms with Crippen LogP contribution in [0.3, 0.4) is 0 Å². The molecule has 55 heavy (non-hydrogen) atoms. The van der Waals surface area contributed by atoms with Crippen LogP contribution in [0.25, 0.3) is 0 Å². The van der Waals surface area contributed by atoms with Gasteiger partial charge in [0.2, 0.25) is 0 Å². The van der Waals surface area contributed by atoms with Gasteiger partial charge < -0.3 is 19.3 Å². The summed E-state index contributed by atoms with van der Waals surface area (Å²) in [5.74, 6) is -0.915. The number of ether oxygens (including phenoxy) is 2. The molecule has 0 saturated carbocycles. The molecule has 0 aliphatic heterocycles. The summed E-state index contributed by atoms with van der Waals surface area (Å²) in [5, 5.41) is 0. The zero-order valence-corrected chi connectivity index (χ0v) is 36.2. The third kappa shape index (κ3) is 44.6. The second kappa shape index (κ2) is 41.6. The fourth-order valence-electron chi connectivity index (χ4n) is 6.24. The monoisotopic (exact) mass is 795 g/mol. The lowest BCUT2D eigenvalue weighted by molar-refractivity contribution is -0.161. The van der Waals surface area contributed by atoms with Gasteiger partial charge in [0.15, 0.2) is 6.10 Å². The van der Waals surface area contributed by atoms with Gasteiger partial charge in [-0.3, -0.25) is 14.1 Å². The number of phosphoric acid groups is 1. The molecular weight excluding hydrogens is 711 g/mol. The van der Waals surface area contributed by atoms with E-state index in [0.717, 1.165) is 57.8 Å². The van der Waals surface area contributed by atoms with E-state index in [-0.39, 0.29) is 19.4 Å². The molecule has 0 aromatic rings. The number of allylic oxidation sites excluding steroid dienone is 8. The van der Waals surface area contributed by atoms with E-state index in [4.69, 9.17) is 19.3 Å². The summed E-state index contributed by atoms with van der Waals surface area (Å²) in [6, 6.07) is 0. The molecule has 0 rings (SSSR count). The fourth-order valence-corrected chi connectivity index (χ4v) is 6.60. The van der Waals surface area contributed by atoms with E-state index in [1.807, 2.05) is 0 Å². The van der Waals surface area contributed by atoms with Gasteiger partial charge in [-0.1, -0.05) is 191 Å². The summed E-state index contributed by atoms with van der Waals surface area (Å²) >= 11 is 0. The van der Waals surface area contributed by atoms with Crippen LogP contribution in [0.4, 0.5) is 0 Å². The summed E-state index contributed by atoms with van der Waals surface area (Å²) in [5.41, 5.74) is 0. The summed E-state index contributed by atoms with van der Waals surface area (Å²) in [6.45, 7) is 3.65. The molecule has 0 aliphatic rings. The van der Waals surface area contributed by atoms with Crippen molar-refractivity contribution >= 4 is 19.8 Å². The third-order valence-corrected chi connectivity index (χ3v) is 10.1. The van der Waals surface area contributed by atoms with Crippen LogP contribution >= 0.6 is 7.82 Å². The number of carbonyl (C=O) groups is 2. The number of hydrogen-bond acceptors (Lipinski definition) is 6. The van der Waals surface area contributed by atoms with Crippen LogP contribution in [-0.4, -0.2) is 41.0 Å². The Morgan fingerprint density at radius 1 is 0.473 bits per heavy atom. The van der Waals surface area contributed by atoms with E-state index in [1.54, 1.807) is 0 Å². The molecule has 1 atom stereocenters. The van der Waals surface area contributed by atoms with Crippen molar-refractivity contribution in [2.24, 2.45) is 0 Å². The van der Waals surface area contributed by atoms with E-state index in [2.05, 4.69) is 67.0 Å². The quantitative estimate of drug-likeness (QED) is 0.0272. The fraction of sp³-hybridized carbons (Fsp3) is 0.783. The molecular formula is C46H83O8P. The molecule has 0 amide bonds. The minimum absolute atomic E-state index is 0.207. The van der Waals surface area contributed by atoms with Crippen LogP contribution in [-0.2, 0) is 28.2 Å². The van der Waals surface area contributed by atoms with Gasteiger partial charge in [0, 0.05) is 12.8 Å². The van der Waals surface area contributed by atoms with Crippen LogP contribution in [0.2, 0.25) is 0 Å². The molecule has 0 radical (unpaired) electrons. The first kappa shape index (κ1) is 53.0.